The number of carbonyl (C=O) groups excluding carboxylic acids is 2. The van der Waals surface area contributed by atoms with Crippen LogP contribution in [0.1, 0.15) is 38.7 Å². The molecule has 2 rings (SSSR count). The minimum atomic E-state index is -1.15. The highest BCUT2D eigenvalue weighted by Crippen LogP contribution is 2.35. The van der Waals surface area contributed by atoms with Gasteiger partial charge >= 0.3 is 5.97 Å². The summed E-state index contributed by atoms with van der Waals surface area (Å²) in [5.41, 5.74) is 8.50. The highest BCUT2D eigenvalue weighted by molar-refractivity contribution is 5.88. The molecular formula is C19H24N4O3. The van der Waals surface area contributed by atoms with Gasteiger partial charge in [-0.25, -0.2) is 4.79 Å². The predicted molar refractivity (Wildman–Crippen MR) is 98.0 cm³/mol. The molecule has 1 aliphatic heterocycles. The van der Waals surface area contributed by atoms with Crippen LogP contribution in [0, 0.1) is 0 Å². The molecule has 1 aromatic rings. The van der Waals surface area contributed by atoms with E-state index in [-0.39, 0.29) is 25.0 Å². The number of azide groups is 1. The average Bonchev–Trinajstić information content (AvgIpc) is 2.65. The zero-order valence-corrected chi connectivity index (χ0v) is 15.2. The summed E-state index contributed by atoms with van der Waals surface area (Å²) < 4.78 is 5.57. The van der Waals surface area contributed by atoms with Crippen LogP contribution in [0.4, 0.5) is 0 Å². The molecule has 1 fully saturated rings. The second-order valence-electron chi connectivity index (χ2n) is 6.39. The van der Waals surface area contributed by atoms with Crippen LogP contribution in [-0.4, -0.2) is 34.9 Å². The van der Waals surface area contributed by atoms with Crippen LogP contribution in [0.5, 0.6) is 0 Å². The fourth-order valence-electron chi connectivity index (χ4n) is 3.37. The van der Waals surface area contributed by atoms with Gasteiger partial charge in [-0.1, -0.05) is 47.6 Å². The third-order valence-corrected chi connectivity index (χ3v) is 4.65. The second-order valence-corrected chi connectivity index (χ2v) is 6.39. The number of carbonyl (C=O) groups is 2. The molecule has 1 aromatic carbocycles. The Morgan fingerprint density at radius 2 is 2.15 bits per heavy atom. The van der Waals surface area contributed by atoms with Gasteiger partial charge in [0.25, 0.3) is 0 Å². The Balaban J connectivity index is 2.30. The molecule has 26 heavy (non-hydrogen) atoms. The van der Waals surface area contributed by atoms with Crippen LogP contribution in [0.3, 0.4) is 0 Å². The van der Waals surface area contributed by atoms with E-state index in [1.54, 1.807) is 4.90 Å². The second kappa shape index (κ2) is 9.06. The first-order valence-electron chi connectivity index (χ1n) is 8.68. The topological polar surface area (TPSA) is 95.4 Å². The number of hydrogen-bond donors (Lipinski definition) is 0. The molecule has 7 nitrogen and oxygen atoms in total. The number of ether oxygens (including phenoxy) is 1. The van der Waals surface area contributed by atoms with Gasteiger partial charge < -0.3 is 9.64 Å². The minimum Gasteiger partial charge on any atom is -0.459 e. The molecular weight excluding hydrogens is 332 g/mol. The van der Waals surface area contributed by atoms with Gasteiger partial charge in [0.1, 0.15) is 12.1 Å². The number of likely N-dealkylation sites (tertiary alicyclic amines) is 1. The van der Waals surface area contributed by atoms with E-state index in [1.807, 2.05) is 49.4 Å². The third kappa shape index (κ3) is 4.43. The van der Waals surface area contributed by atoms with Crippen LogP contribution in [0.25, 0.3) is 10.4 Å². The van der Waals surface area contributed by atoms with E-state index in [9.17, 15) is 9.59 Å². The minimum absolute atomic E-state index is 0.134. The maximum absolute atomic E-state index is 13.1. The molecule has 0 spiro atoms. The molecule has 0 N–H and O–H groups in total. The van der Waals surface area contributed by atoms with Crippen LogP contribution < -0.4 is 0 Å². The van der Waals surface area contributed by atoms with E-state index >= 15 is 0 Å². The summed E-state index contributed by atoms with van der Waals surface area (Å²) in [6, 6.07) is 9.04. The summed E-state index contributed by atoms with van der Waals surface area (Å²) in [5.74, 6) is -0.655. The number of amides is 1. The number of rotatable bonds is 6. The number of nitrogens with zero attached hydrogens (tertiary/aromatic N) is 4. The highest BCUT2D eigenvalue weighted by atomic mass is 16.5. The monoisotopic (exact) mass is 356 g/mol. The Kier molecular flexibility index (Phi) is 6.81. The maximum Gasteiger partial charge on any atom is 0.332 e. The lowest BCUT2D eigenvalue weighted by Crippen LogP contribution is -2.61. The summed E-state index contributed by atoms with van der Waals surface area (Å²) in [4.78, 5) is 29.7. The number of hydrogen-bond acceptors (Lipinski definition) is 4. The molecule has 2 atom stereocenters. The lowest BCUT2D eigenvalue weighted by molar-refractivity contribution is -0.168. The van der Waals surface area contributed by atoms with E-state index in [2.05, 4.69) is 10.0 Å². The molecule has 1 amide bonds. The molecule has 0 bridgehead atoms. The maximum atomic E-state index is 13.1. The van der Waals surface area contributed by atoms with Crippen molar-refractivity contribution in [1.29, 1.82) is 0 Å². The van der Waals surface area contributed by atoms with Crippen molar-refractivity contribution in [2.24, 2.45) is 5.11 Å². The number of esters is 1. The zero-order chi connectivity index (χ0) is 19.0. The highest BCUT2D eigenvalue weighted by Gasteiger charge is 2.49. The molecule has 0 saturated carbocycles. The lowest BCUT2D eigenvalue weighted by Gasteiger charge is -2.46. The van der Waals surface area contributed by atoms with Crippen molar-refractivity contribution in [3.63, 3.8) is 0 Å². The molecule has 0 radical (unpaired) electrons. The van der Waals surface area contributed by atoms with Crippen molar-refractivity contribution < 1.29 is 14.3 Å². The van der Waals surface area contributed by atoms with Gasteiger partial charge in [-0.3, -0.25) is 4.79 Å². The molecule has 1 aliphatic rings. The van der Waals surface area contributed by atoms with Gasteiger partial charge in [-0.2, -0.15) is 0 Å². The first kappa shape index (κ1) is 19.5. The van der Waals surface area contributed by atoms with Crippen molar-refractivity contribution in [3.8, 4) is 0 Å². The van der Waals surface area contributed by atoms with Crippen molar-refractivity contribution in [2.75, 3.05) is 6.54 Å². The Morgan fingerprint density at radius 3 is 2.77 bits per heavy atom. The standard InChI is InChI=1S/C19H24N4O3/c1-3-4-11-19(18(25)26-14-16-8-6-5-7-9-16)13-17(21-22-20)10-12-23(19)15(2)24/h3-9,17H,10-14H2,1-2H3/t17-,19+/m0/s1. The van der Waals surface area contributed by atoms with E-state index in [0.717, 1.165) is 5.56 Å². The number of allylic oxidation sites excluding steroid dienone is 1. The Bertz CT molecular complexity index is 713. The van der Waals surface area contributed by atoms with Gasteiger partial charge in [0.2, 0.25) is 5.91 Å². The Hall–Kier alpha value is -2.79. The molecule has 0 aromatic heterocycles. The predicted octanol–water partition coefficient (Wildman–Crippen LogP) is 3.76. The largest absolute Gasteiger partial charge is 0.459 e. The van der Waals surface area contributed by atoms with Gasteiger partial charge in [0, 0.05) is 24.4 Å². The van der Waals surface area contributed by atoms with Gasteiger partial charge in [0.05, 0.1) is 0 Å². The van der Waals surface area contributed by atoms with Crippen LogP contribution >= 0.6 is 0 Å². The molecule has 0 unspecified atom stereocenters. The summed E-state index contributed by atoms with van der Waals surface area (Å²) >= 11 is 0. The van der Waals surface area contributed by atoms with Gasteiger partial charge in [-0.05, 0) is 37.3 Å². The smallest absolute Gasteiger partial charge is 0.332 e. The molecule has 1 heterocycles. The van der Waals surface area contributed by atoms with E-state index in [4.69, 9.17) is 10.3 Å². The Labute approximate surface area is 153 Å². The van der Waals surface area contributed by atoms with Gasteiger partial charge in [-0.15, -0.1) is 0 Å². The fourth-order valence-corrected chi connectivity index (χ4v) is 3.37. The average molecular weight is 356 g/mol. The summed E-state index contributed by atoms with van der Waals surface area (Å²) in [6.07, 6.45) is 4.80. The van der Waals surface area contributed by atoms with Crippen LogP contribution in [-0.2, 0) is 20.9 Å². The first-order valence-corrected chi connectivity index (χ1v) is 8.68. The summed E-state index contributed by atoms with van der Waals surface area (Å²) in [6.45, 7) is 3.80. The molecule has 1 saturated heterocycles. The van der Waals surface area contributed by atoms with Crippen molar-refractivity contribution in [1.82, 2.24) is 4.90 Å². The molecule has 0 aliphatic carbocycles. The van der Waals surface area contributed by atoms with Crippen molar-refractivity contribution >= 4 is 11.9 Å². The van der Waals surface area contributed by atoms with Crippen LogP contribution in [0.2, 0.25) is 0 Å². The summed E-state index contributed by atoms with van der Waals surface area (Å²) in [7, 11) is 0. The van der Waals surface area contributed by atoms with E-state index < -0.39 is 11.5 Å². The number of benzene rings is 1. The third-order valence-electron chi connectivity index (χ3n) is 4.65. The number of piperidine rings is 1. The van der Waals surface area contributed by atoms with Crippen LogP contribution in [0.15, 0.2) is 47.6 Å². The molecule has 138 valence electrons. The normalized spacial score (nSPS) is 22.7. The quantitative estimate of drug-likeness (QED) is 0.255. The Morgan fingerprint density at radius 1 is 1.42 bits per heavy atom. The van der Waals surface area contributed by atoms with Gasteiger partial charge in [0.15, 0.2) is 0 Å². The fraction of sp³-hybridized carbons (Fsp3) is 0.474. The first-order chi connectivity index (χ1) is 12.5. The van der Waals surface area contributed by atoms with Crippen molar-refractivity contribution in [2.45, 2.75) is 51.3 Å². The SMILES string of the molecule is CC=CC[C@]1(C(=O)OCc2ccccc2)C[C@@H](N=[N+]=[N-])CCN1C(C)=O. The summed E-state index contributed by atoms with van der Waals surface area (Å²) in [5, 5.41) is 3.79. The zero-order valence-electron chi connectivity index (χ0n) is 15.2. The lowest BCUT2D eigenvalue weighted by atomic mass is 9.81. The van der Waals surface area contributed by atoms with E-state index in [1.165, 1.54) is 6.92 Å². The van der Waals surface area contributed by atoms with E-state index in [0.29, 0.717) is 19.4 Å². The van der Waals surface area contributed by atoms with Crippen molar-refractivity contribution in [3.05, 3.63) is 58.5 Å². The molecule has 7 heteroatoms.